The lowest BCUT2D eigenvalue weighted by Crippen LogP contribution is -2.61. The molecule has 0 spiro atoms. The highest BCUT2D eigenvalue weighted by molar-refractivity contribution is 7.00. The average molecular weight is 1360 g/mol. The van der Waals surface area contributed by atoms with Crippen LogP contribution in [0.25, 0.3) is 104 Å². The molecule has 0 atom stereocenters. The molecule has 0 saturated heterocycles. The van der Waals surface area contributed by atoms with Gasteiger partial charge in [0.25, 0.3) is 6.71 Å². The van der Waals surface area contributed by atoms with Gasteiger partial charge in [0, 0.05) is 61.5 Å². The fourth-order valence-corrected chi connectivity index (χ4v) is 17.5. The normalized spacial score (nSPS) is 12.8. The topological polar surface area (TPSA) is 67.7 Å². The SMILES string of the molecule is [C-]#[N+]c1ccc(-c2cccc(-c3ccc([N+]#[C-])cc3)c2N2c3ccc(-c4ccccc4)cc3B3c4cc5c6ccccc6n(-c6ccc(C(C)(C)C)cc6)c5cc4N(c4c(-c5ccc(C#N)cc5)cccc4-c4ccc(C#N)cc4)c4cc(C5(c6ccccc6)c6ccccc6-c6ccccc65)cc2c43)cc1. The van der Waals surface area contributed by atoms with Crippen LogP contribution in [0.15, 0.2) is 334 Å². The first-order valence-electron chi connectivity index (χ1n) is 36.2. The maximum Gasteiger partial charge on any atom is 0.252 e. The predicted octanol–water partition coefficient (Wildman–Crippen LogP) is 23.7. The molecule has 3 aliphatic rings. The Bertz CT molecular complexity index is 6300. The number of hydrogen-bond donors (Lipinski definition) is 0. The monoisotopic (exact) mass is 1360 g/mol. The second-order valence-electron chi connectivity index (χ2n) is 29.1. The molecule has 7 nitrogen and oxygen atoms in total. The number of fused-ring (bicyclic) bond motifs is 10. The Morgan fingerprint density at radius 3 is 1.32 bits per heavy atom. The molecule has 8 heteroatoms. The Labute approximate surface area is 623 Å². The van der Waals surface area contributed by atoms with E-state index in [2.05, 4.69) is 342 Å². The summed E-state index contributed by atoms with van der Waals surface area (Å²) >= 11 is 0. The van der Waals surface area contributed by atoms with Gasteiger partial charge in [-0.15, -0.1) is 0 Å². The number of aromatic nitrogens is 1. The lowest BCUT2D eigenvalue weighted by atomic mass is 9.33. The summed E-state index contributed by atoms with van der Waals surface area (Å²) in [5.41, 5.74) is 31.1. The molecule has 3 heterocycles. The van der Waals surface area contributed by atoms with Gasteiger partial charge in [-0.3, -0.25) is 0 Å². The molecule has 0 fully saturated rings. The summed E-state index contributed by atoms with van der Waals surface area (Å²) in [5.74, 6) is 0. The van der Waals surface area contributed by atoms with E-state index in [1.165, 1.54) is 5.56 Å². The lowest BCUT2D eigenvalue weighted by molar-refractivity contribution is 0.590. The third kappa shape index (κ3) is 10.0. The zero-order valence-electron chi connectivity index (χ0n) is 59.0. The minimum absolute atomic E-state index is 0.0776. The number of nitriles is 2. The van der Waals surface area contributed by atoms with Crippen LogP contribution in [0.2, 0.25) is 0 Å². The van der Waals surface area contributed by atoms with Crippen molar-refractivity contribution >= 4 is 90.4 Å². The van der Waals surface area contributed by atoms with Gasteiger partial charge in [-0.05, 0) is 161 Å². The molecule has 0 amide bonds. The van der Waals surface area contributed by atoms with Crippen LogP contribution in [0.4, 0.5) is 45.5 Å². The summed E-state index contributed by atoms with van der Waals surface area (Å²) in [6, 6.07) is 125. The molecule has 498 valence electrons. The van der Waals surface area contributed by atoms with Gasteiger partial charge in [0.15, 0.2) is 11.4 Å². The van der Waals surface area contributed by atoms with Crippen LogP contribution in [0, 0.1) is 35.8 Å². The lowest BCUT2D eigenvalue weighted by Gasteiger charge is -2.47. The van der Waals surface area contributed by atoms with E-state index >= 15 is 0 Å². The average Bonchev–Trinajstić information content (AvgIpc) is 1.60. The van der Waals surface area contributed by atoms with E-state index in [1.807, 2.05) is 48.5 Å². The number of anilines is 6. The first-order chi connectivity index (χ1) is 52.5. The fraction of sp³-hybridized carbons (Fsp3) is 0.0505. The minimum atomic E-state index is -0.934. The van der Waals surface area contributed by atoms with Crippen molar-refractivity contribution < 1.29 is 0 Å². The van der Waals surface area contributed by atoms with E-state index in [0.717, 1.165) is 167 Å². The van der Waals surface area contributed by atoms with E-state index in [0.29, 0.717) is 22.5 Å². The maximum atomic E-state index is 10.5. The zero-order valence-corrected chi connectivity index (χ0v) is 59.0. The molecule has 0 bridgehead atoms. The maximum absolute atomic E-state index is 10.5. The predicted molar refractivity (Wildman–Crippen MR) is 440 cm³/mol. The molecular formula is C99H64BN7. The van der Waals surface area contributed by atoms with Gasteiger partial charge < -0.3 is 14.4 Å². The zero-order chi connectivity index (χ0) is 72.2. The molecule has 2 aliphatic heterocycles. The molecule has 1 aliphatic carbocycles. The van der Waals surface area contributed by atoms with E-state index in [9.17, 15) is 10.5 Å². The van der Waals surface area contributed by atoms with Gasteiger partial charge in [-0.2, -0.15) is 10.5 Å². The molecule has 0 radical (unpaired) electrons. The van der Waals surface area contributed by atoms with E-state index in [-0.39, 0.29) is 5.41 Å². The second kappa shape index (κ2) is 25.0. The van der Waals surface area contributed by atoms with Crippen molar-refractivity contribution in [1.29, 1.82) is 10.5 Å². The molecule has 0 saturated carbocycles. The summed E-state index contributed by atoms with van der Waals surface area (Å²) in [7, 11) is 0. The van der Waals surface area contributed by atoms with Crippen molar-refractivity contribution in [3.05, 3.63) is 395 Å². The Kier molecular flexibility index (Phi) is 14.9. The Balaban J connectivity index is 1.05. The first-order valence-corrected chi connectivity index (χ1v) is 36.2. The Hall–Kier alpha value is -14.3. The molecule has 19 rings (SSSR count). The summed E-state index contributed by atoms with van der Waals surface area (Å²) in [4.78, 5) is 13.0. The van der Waals surface area contributed by atoms with Crippen LogP contribution in [0.5, 0.6) is 0 Å². The van der Waals surface area contributed by atoms with Crippen LogP contribution in [0.1, 0.15) is 59.7 Å². The van der Waals surface area contributed by atoms with Crippen molar-refractivity contribution in [3.8, 4) is 84.6 Å². The van der Waals surface area contributed by atoms with Crippen LogP contribution in [-0.2, 0) is 10.8 Å². The number of para-hydroxylation sites is 3. The second-order valence-corrected chi connectivity index (χ2v) is 29.1. The quantitative estimate of drug-likeness (QED) is 0.101. The number of rotatable bonds is 10. The summed E-state index contributed by atoms with van der Waals surface area (Å²) in [6.45, 7) is 22.7. The van der Waals surface area contributed by atoms with Crippen molar-refractivity contribution in [2.24, 2.45) is 0 Å². The van der Waals surface area contributed by atoms with Gasteiger partial charge in [0.2, 0.25) is 0 Å². The van der Waals surface area contributed by atoms with E-state index < -0.39 is 12.1 Å². The highest BCUT2D eigenvalue weighted by Gasteiger charge is 2.51. The third-order valence-electron chi connectivity index (χ3n) is 22.3. The fourth-order valence-electron chi connectivity index (χ4n) is 17.5. The summed E-state index contributed by atoms with van der Waals surface area (Å²) < 4.78 is 2.45. The largest absolute Gasteiger partial charge is 0.310 e. The summed E-state index contributed by atoms with van der Waals surface area (Å²) in [5, 5.41) is 23.2. The van der Waals surface area contributed by atoms with Crippen molar-refractivity contribution in [2.45, 2.75) is 31.6 Å². The minimum Gasteiger partial charge on any atom is -0.310 e. The van der Waals surface area contributed by atoms with E-state index in [1.54, 1.807) is 0 Å². The highest BCUT2D eigenvalue weighted by atomic mass is 15.2. The highest BCUT2D eigenvalue weighted by Crippen LogP contribution is 2.60. The van der Waals surface area contributed by atoms with Gasteiger partial charge in [0.05, 0.1) is 64.2 Å². The molecule has 0 N–H and O–H groups in total. The van der Waals surface area contributed by atoms with E-state index in [4.69, 9.17) is 13.1 Å². The molecule has 107 heavy (non-hydrogen) atoms. The number of benzene rings is 15. The van der Waals surface area contributed by atoms with Gasteiger partial charge in [0.1, 0.15) is 0 Å². The molecule has 16 aromatic rings. The standard InChI is InChI=1S/C99H64BN7/c1-98(2,3)71-47-53-76(54-48-71)105-89-33-17-14-26-83(89)84-59-88-92(60-91(84)105)107(97-77(66-38-34-63(61-101)35-39-66)27-18-28-78(97)67-40-36-64(62-102)37-41-67)94-58-73(99(72-22-10-7-11-23-72)85-31-15-12-24-81(85)82-25-13-16-32-86(82)99)57-93-95(94)100(88)87-56-70(65-20-8-6-9-21-65)46-55-90(87)106(93)96-79(68-42-49-74(103-4)50-43-68)29-19-30-80(96)69-44-51-75(104-5)52-45-69/h6-60H,1-3H3. The van der Waals surface area contributed by atoms with Gasteiger partial charge in [-0.1, -0.05) is 288 Å². The van der Waals surface area contributed by atoms with Crippen LogP contribution in [-0.4, -0.2) is 11.3 Å². The number of nitrogens with zero attached hydrogens (tertiary/aromatic N) is 7. The van der Waals surface area contributed by atoms with Gasteiger partial charge in [-0.25, -0.2) is 9.69 Å². The van der Waals surface area contributed by atoms with Crippen molar-refractivity contribution in [2.75, 3.05) is 9.80 Å². The van der Waals surface area contributed by atoms with Gasteiger partial charge >= 0.3 is 0 Å². The van der Waals surface area contributed by atoms with Crippen LogP contribution >= 0.6 is 0 Å². The van der Waals surface area contributed by atoms with Crippen LogP contribution < -0.4 is 26.2 Å². The first kappa shape index (κ1) is 63.6. The summed E-state index contributed by atoms with van der Waals surface area (Å²) in [6.07, 6.45) is 0. The van der Waals surface area contributed by atoms with Crippen molar-refractivity contribution in [3.63, 3.8) is 0 Å². The number of hydrogen-bond acceptors (Lipinski definition) is 4. The molecular weight excluding hydrogens is 1300 g/mol. The molecule has 0 unspecified atom stereocenters. The smallest absolute Gasteiger partial charge is 0.252 e. The Morgan fingerprint density at radius 2 is 0.804 bits per heavy atom. The third-order valence-corrected chi connectivity index (χ3v) is 22.3. The Morgan fingerprint density at radius 1 is 0.355 bits per heavy atom. The van der Waals surface area contributed by atoms with Crippen molar-refractivity contribution in [1.82, 2.24) is 4.57 Å². The molecule has 15 aromatic carbocycles. The molecule has 1 aromatic heterocycles. The van der Waals surface area contributed by atoms with Crippen LogP contribution in [0.3, 0.4) is 0 Å².